The van der Waals surface area contributed by atoms with Crippen molar-refractivity contribution in [3.63, 3.8) is 0 Å². The lowest BCUT2D eigenvalue weighted by Gasteiger charge is -2.10. The fourth-order valence-corrected chi connectivity index (χ4v) is 3.52. The van der Waals surface area contributed by atoms with Crippen LogP contribution in [-0.2, 0) is 13.0 Å². The number of aryl methyl sites for hydroxylation is 1. The summed E-state index contributed by atoms with van der Waals surface area (Å²) < 4.78 is 12.7. The molecule has 0 aliphatic heterocycles. The highest BCUT2D eigenvalue weighted by Gasteiger charge is 2.11. The Kier molecular flexibility index (Phi) is 7.49. The van der Waals surface area contributed by atoms with Gasteiger partial charge in [0.15, 0.2) is 11.5 Å². The summed E-state index contributed by atoms with van der Waals surface area (Å²) in [6, 6.07) is 13.4. The third-order valence-electron chi connectivity index (χ3n) is 5.05. The predicted molar refractivity (Wildman–Crippen MR) is 119 cm³/mol. The highest BCUT2D eigenvalue weighted by atomic mass is 16.5. The maximum atomic E-state index is 12.4. The molecule has 6 nitrogen and oxygen atoms in total. The number of ether oxygens (including phenoxy) is 2. The second-order valence-corrected chi connectivity index (χ2v) is 7.05. The summed E-state index contributed by atoms with van der Waals surface area (Å²) in [5, 5.41) is 2.97. The van der Waals surface area contributed by atoms with Gasteiger partial charge in [-0.15, -0.1) is 6.58 Å². The number of unbranched alkanes of at least 4 members (excludes halogenated alkanes) is 2. The Labute approximate surface area is 177 Å². The molecule has 0 atom stereocenters. The van der Waals surface area contributed by atoms with Gasteiger partial charge in [-0.05, 0) is 43.2 Å². The van der Waals surface area contributed by atoms with Gasteiger partial charge in [0, 0.05) is 25.1 Å². The molecular formula is C24H29N3O3. The highest BCUT2D eigenvalue weighted by molar-refractivity contribution is 5.94. The largest absolute Gasteiger partial charge is 0.493 e. The summed E-state index contributed by atoms with van der Waals surface area (Å²) in [7, 11) is 3.13. The van der Waals surface area contributed by atoms with Crippen LogP contribution in [0.5, 0.6) is 11.5 Å². The number of carbonyl (C=O) groups is 1. The van der Waals surface area contributed by atoms with Crippen LogP contribution in [0, 0.1) is 0 Å². The molecule has 1 amide bonds. The van der Waals surface area contributed by atoms with E-state index in [0.717, 1.165) is 49.1 Å². The van der Waals surface area contributed by atoms with E-state index in [0.29, 0.717) is 23.6 Å². The number of carbonyl (C=O) groups excluding carboxylic acids is 1. The van der Waals surface area contributed by atoms with Crippen LogP contribution >= 0.6 is 0 Å². The Bertz CT molecular complexity index is 1010. The number of rotatable bonds is 11. The molecule has 2 aromatic carbocycles. The van der Waals surface area contributed by atoms with Gasteiger partial charge < -0.3 is 19.4 Å². The van der Waals surface area contributed by atoms with Crippen LogP contribution in [0.3, 0.4) is 0 Å². The van der Waals surface area contributed by atoms with Crippen molar-refractivity contribution in [1.29, 1.82) is 0 Å². The molecule has 0 aliphatic rings. The Morgan fingerprint density at radius 2 is 1.90 bits per heavy atom. The van der Waals surface area contributed by atoms with Crippen molar-refractivity contribution in [3.05, 3.63) is 66.5 Å². The monoisotopic (exact) mass is 407 g/mol. The quantitative estimate of drug-likeness (QED) is 0.378. The topological polar surface area (TPSA) is 65.4 Å². The van der Waals surface area contributed by atoms with Crippen LogP contribution in [0.2, 0.25) is 0 Å². The normalized spacial score (nSPS) is 10.7. The van der Waals surface area contributed by atoms with Gasteiger partial charge in [-0.1, -0.05) is 24.6 Å². The SMILES string of the molecule is C=CCn1c(CCCCCNC(=O)c2ccc(OC)c(OC)c2)nc2ccccc21. The van der Waals surface area contributed by atoms with Gasteiger partial charge in [-0.25, -0.2) is 4.98 Å². The maximum Gasteiger partial charge on any atom is 0.251 e. The van der Waals surface area contributed by atoms with Crippen LogP contribution in [0.4, 0.5) is 0 Å². The molecule has 158 valence electrons. The molecule has 0 radical (unpaired) electrons. The number of aromatic nitrogens is 2. The van der Waals surface area contributed by atoms with E-state index in [1.54, 1.807) is 32.4 Å². The average Bonchev–Trinajstić information content (AvgIpc) is 3.13. The van der Waals surface area contributed by atoms with Crippen molar-refractivity contribution in [2.75, 3.05) is 20.8 Å². The first-order chi connectivity index (χ1) is 14.7. The first kappa shape index (κ1) is 21.4. The number of benzene rings is 2. The minimum Gasteiger partial charge on any atom is -0.493 e. The zero-order chi connectivity index (χ0) is 21.3. The zero-order valence-electron chi connectivity index (χ0n) is 17.7. The van der Waals surface area contributed by atoms with Crippen LogP contribution in [-0.4, -0.2) is 36.2 Å². The molecular weight excluding hydrogens is 378 g/mol. The molecule has 1 N–H and O–H groups in total. The molecule has 30 heavy (non-hydrogen) atoms. The molecule has 0 bridgehead atoms. The van der Waals surface area contributed by atoms with Crippen LogP contribution in [0.25, 0.3) is 11.0 Å². The summed E-state index contributed by atoms with van der Waals surface area (Å²) in [5.74, 6) is 2.14. The molecule has 0 aliphatic carbocycles. The Morgan fingerprint density at radius 3 is 2.67 bits per heavy atom. The van der Waals surface area contributed by atoms with E-state index in [9.17, 15) is 4.79 Å². The smallest absolute Gasteiger partial charge is 0.251 e. The van der Waals surface area contributed by atoms with Gasteiger partial charge in [-0.2, -0.15) is 0 Å². The van der Waals surface area contributed by atoms with E-state index in [4.69, 9.17) is 14.5 Å². The fraction of sp³-hybridized carbons (Fsp3) is 0.333. The van der Waals surface area contributed by atoms with Crippen molar-refractivity contribution in [3.8, 4) is 11.5 Å². The van der Waals surface area contributed by atoms with Crippen LogP contribution < -0.4 is 14.8 Å². The van der Waals surface area contributed by atoms with Crippen molar-refractivity contribution in [2.24, 2.45) is 0 Å². The Balaban J connectivity index is 1.46. The number of imidazole rings is 1. The van der Waals surface area contributed by atoms with Gasteiger partial charge >= 0.3 is 0 Å². The number of nitrogens with one attached hydrogen (secondary N) is 1. The number of methoxy groups -OCH3 is 2. The number of hydrogen-bond acceptors (Lipinski definition) is 4. The lowest BCUT2D eigenvalue weighted by molar-refractivity contribution is 0.0952. The van der Waals surface area contributed by atoms with E-state index < -0.39 is 0 Å². The molecule has 1 heterocycles. The lowest BCUT2D eigenvalue weighted by Crippen LogP contribution is -2.24. The first-order valence-corrected chi connectivity index (χ1v) is 10.2. The molecule has 3 aromatic rings. The Morgan fingerprint density at radius 1 is 1.10 bits per heavy atom. The summed E-state index contributed by atoms with van der Waals surface area (Å²) in [6.07, 6.45) is 5.77. The van der Waals surface area contributed by atoms with Crippen molar-refractivity contribution in [1.82, 2.24) is 14.9 Å². The summed E-state index contributed by atoms with van der Waals surface area (Å²) >= 11 is 0. The fourth-order valence-electron chi connectivity index (χ4n) is 3.52. The van der Waals surface area contributed by atoms with Gasteiger partial charge in [0.05, 0.1) is 25.3 Å². The minimum atomic E-state index is -0.108. The first-order valence-electron chi connectivity index (χ1n) is 10.2. The third-order valence-corrected chi connectivity index (χ3v) is 5.05. The zero-order valence-corrected chi connectivity index (χ0v) is 17.7. The predicted octanol–water partition coefficient (Wildman–Crippen LogP) is 4.38. The van der Waals surface area contributed by atoms with Crippen molar-refractivity contribution < 1.29 is 14.3 Å². The molecule has 1 aromatic heterocycles. The molecule has 0 unspecified atom stereocenters. The number of para-hydroxylation sites is 2. The van der Waals surface area contributed by atoms with E-state index in [1.807, 2.05) is 24.3 Å². The third kappa shape index (κ3) is 5.00. The average molecular weight is 408 g/mol. The molecule has 6 heteroatoms. The second kappa shape index (κ2) is 10.5. The molecule has 0 spiro atoms. The van der Waals surface area contributed by atoms with Gasteiger partial charge in [-0.3, -0.25) is 4.79 Å². The number of hydrogen-bond donors (Lipinski definition) is 1. The van der Waals surface area contributed by atoms with E-state index in [-0.39, 0.29) is 5.91 Å². The van der Waals surface area contributed by atoms with E-state index in [1.165, 1.54) is 0 Å². The lowest BCUT2D eigenvalue weighted by atomic mass is 10.1. The molecule has 0 saturated heterocycles. The van der Waals surface area contributed by atoms with E-state index >= 15 is 0 Å². The number of allylic oxidation sites excluding steroid dienone is 1. The molecule has 3 rings (SSSR count). The number of amides is 1. The van der Waals surface area contributed by atoms with Crippen LogP contribution in [0.1, 0.15) is 35.4 Å². The molecule has 0 saturated carbocycles. The number of nitrogens with zero attached hydrogens (tertiary/aromatic N) is 2. The van der Waals surface area contributed by atoms with Crippen LogP contribution in [0.15, 0.2) is 55.1 Å². The highest BCUT2D eigenvalue weighted by Crippen LogP contribution is 2.27. The van der Waals surface area contributed by atoms with Gasteiger partial charge in [0.2, 0.25) is 0 Å². The maximum absolute atomic E-state index is 12.4. The van der Waals surface area contributed by atoms with Crippen molar-refractivity contribution in [2.45, 2.75) is 32.2 Å². The van der Waals surface area contributed by atoms with Gasteiger partial charge in [0.25, 0.3) is 5.91 Å². The van der Waals surface area contributed by atoms with Crippen molar-refractivity contribution >= 4 is 16.9 Å². The summed E-state index contributed by atoms with van der Waals surface area (Å²) in [5.41, 5.74) is 2.73. The summed E-state index contributed by atoms with van der Waals surface area (Å²) in [4.78, 5) is 17.1. The number of fused-ring (bicyclic) bond motifs is 1. The minimum absolute atomic E-state index is 0.108. The molecule has 0 fully saturated rings. The van der Waals surface area contributed by atoms with E-state index in [2.05, 4.69) is 22.5 Å². The standard InChI is InChI=1S/C24H29N3O3/c1-4-16-27-20-11-8-7-10-19(20)26-23(27)12-6-5-9-15-25-24(28)18-13-14-21(29-2)22(17-18)30-3/h4,7-8,10-11,13-14,17H,1,5-6,9,12,15-16H2,2-3H3,(H,25,28). The van der Waals surface area contributed by atoms with Gasteiger partial charge in [0.1, 0.15) is 5.82 Å². The summed E-state index contributed by atoms with van der Waals surface area (Å²) in [6.45, 7) is 5.26. The second-order valence-electron chi connectivity index (χ2n) is 7.05. The Hall–Kier alpha value is -3.28.